The van der Waals surface area contributed by atoms with E-state index < -0.39 is 0 Å². The van der Waals surface area contributed by atoms with E-state index in [1.165, 1.54) is 0 Å². The van der Waals surface area contributed by atoms with Gasteiger partial charge in [0, 0.05) is 38.1 Å². The monoisotopic (exact) mass is 272 g/mol. The molecule has 5 heteroatoms. The van der Waals surface area contributed by atoms with Crippen molar-refractivity contribution in [2.45, 2.75) is 13.0 Å². The highest BCUT2D eigenvalue weighted by Crippen LogP contribution is 2.15. The second-order valence-electron chi connectivity index (χ2n) is 5.04. The van der Waals surface area contributed by atoms with E-state index in [4.69, 9.17) is 5.73 Å². The van der Waals surface area contributed by atoms with Gasteiger partial charge in [0.2, 0.25) is 0 Å². The quantitative estimate of drug-likeness (QED) is 0.740. The predicted molar refractivity (Wildman–Crippen MR) is 78.2 cm³/mol. The lowest BCUT2D eigenvalue weighted by molar-refractivity contribution is 0.0533. The molecule has 1 fully saturated rings. The molecular formula is C15H20N4O. The molecule has 20 heavy (non-hydrogen) atoms. The van der Waals surface area contributed by atoms with Crippen LogP contribution in [0.15, 0.2) is 18.5 Å². The fourth-order valence-corrected chi connectivity index (χ4v) is 2.42. The zero-order valence-electron chi connectivity index (χ0n) is 12.0. The van der Waals surface area contributed by atoms with E-state index in [0.29, 0.717) is 11.1 Å². The van der Waals surface area contributed by atoms with Crippen LogP contribution in [-0.2, 0) is 0 Å². The molecule has 1 aromatic heterocycles. The fourth-order valence-electron chi connectivity index (χ4n) is 2.42. The molecule has 2 rings (SSSR count). The third-order valence-electron chi connectivity index (χ3n) is 3.47. The van der Waals surface area contributed by atoms with E-state index in [0.717, 1.165) is 19.6 Å². The smallest absolute Gasteiger partial charge is 0.255 e. The summed E-state index contributed by atoms with van der Waals surface area (Å²) in [4.78, 5) is 20.9. The molecule has 1 amide bonds. The van der Waals surface area contributed by atoms with Crippen LogP contribution in [0.4, 0.5) is 0 Å². The first-order valence-electron chi connectivity index (χ1n) is 6.76. The van der Waals surface area contributed by atoms with Gasteiger partial charge in [0.1, 0.15) is 0 Å². The maximum Gasteiger partial charge on any atom is 0.255 e. The van der Waals surface area contributed by atoms with Crippen molar-refractivity contribution < 1.29 is 4.79 Å². The number of hydrogen-bond donors (Lipinski definition) is 1. The molecule has 1 unspecified atom stereocenters. The van der Waals surface area contributed by atoms with Crippen molar-refractivity contribution in [3.8, 4) is 11.8 Å². The highest BCUT2D eigenvalue weighted by Gasteiger charge is 2.27. The van der Waals surface area contributed by atoms with Gasteiger partial charge in [-0.2, -0.15) is 0 Å². The number of carbonyl (C=O) groups is 1. The minimum absolute atomic E-state index is 0.0225. The summed E-state index contributed by atoms with van der Waals surface area (Å²) >= 11 is 0. The summed E-state index contributed by atoms with van der Waals surface area (Å²) in [5.74, 6) is 5.72. The van der Waals surface area contributed by atoms with Gasteiger partial charge in [-0.1, -0.05) is 11.8 Å². The number of nitrogens with zero attached hydrogens (tertiary/aromatic N) is 3. The second kappa shape index (κ2) is 6.51. The molecule has 1 aromatic rings. The lowest BCUT2D eigenvalue weighted by Gasteiger charge is -2.38. The molecule has 0 saturated carbocycles. The fraction of sp³-hybridized carbons (Fsp3) is 0.467. The zero-order chi connectivity index (χ0) is 14.5. The van der Waals surface area contributed by atoms with Gasteiger partial charge in [-0.3, -0.25) is 9.78 Å². The molecule has 0 aromatic carbocycles. The Bertz CT molecular complexity index is 546. The Balaban J connectivity index is 2.25. The number of rotatable bonds is 1. The van der Waals surface area contributed by atoms with Crippen molar-refractivity contribution in [2.75, 3.05) is 33.2 Å². The molecule has 2 N–H and O–H groups in total. The van der Waals surface area contributed by atoms with Gasteiger partial charge in [0.05, 0.1) is 17.7 Å². The van der Waals surface area contributed by atoms with Gasteiger partial charge in [0.15, 0.2) is 0 Å². The highest BCUT2D eigenvalue weighted by atomic mass is 16.2. The Morgan fingerprint density at radius 2 is 2.35 bits per heavy atom. The van der Waals surface area contributed by atoms with Gasteiger partial charge < -0.3 is 15.5 Å². The van der Waals surface area contributed by atoms with E-state index in [1.54, 1.807) is 18.5 Å². The Hall–Kier alpha value is -1.90. The largest absolute Gasteiger partial charge is 0.333 e. The Morgan fingerprint density at radius 3 is 3.05 bits per heavy atom. The van der Waals surface area contributed by atoms with Crippen LogP contribution < -0.4 is 5.73 Å². The predicted octanol–water partition coefficient (Wildman–Crippen LogP) is 0.168. The van der Waals surface area contributed by atoms with E-state index in [9.17, 15) is 4.79 Å². The van der Waals surface area contributed by atoms with Gasteiger partial charge in [0.25, 0.3) is 5.91 Å². The van der Waals surface area contributed by atoms with Crippen LogP contribution in [-0.4, -0.2) is 60.0 Å². The minimum Gasteiger partial charge on any atom is -0.333 e. The molecule has 5 nitrogen and oxygen atoms in total. The summed E-state index contributed by atoms with van der Waals surface area (Å²) in [6.45, 7) is 4.86. The van der Waals surface area contributed by atoms with Crippen molar-refractivity contribution in [3.05, 3.63) is 29.6 Å². The standard InChI is InChI=1S/C15H20N4O/c1-12-11-18(2)8-9-19(12)15(20)14-5-7-17-10-13(14)4-3-6-16/h5,7,10,12H,6,8-9,11,16H2,1-2H3. The summed E-state index contributed by atoms with van der Waals surface area (Å²) in [6, 6.07) is 1.93. The number of likely N-dealkylation sites (N-methyl/N-ethyl adjacent to an activating group) is 1. The molecule has 0 bridgehead atoms. The summed E-state index contributed by atoms with van der Waals surface area (Å²) in [6.07, 6.45) is 3.25. The molecule has 0 spiro atoms. The minimum atomic E-state index is 0.0225. The number of piperazine rings is 1. The van der Waals surface area contributed by atoms with E-state index >= 15 is 0 Å². The third-order valence-corrected chi connectivity index (χ3v) is 3.47. The molecule has 1 aliphatic rings. The topological polar surface area (TPSA) is 62.5 Å². The first-order valence-corrected chi connectivity index (χ1v) is 6.76. The van der Waals surface area contributed by atoms with Gasteiger partial charge in [-0.05, 0) is 20.0 Å². The van der Waals surface area contributed by atoms with Crippen molar-refractivity contribution in [2.24, 2.45) is 5.73 Å². The molecule has 106 valence electrons. The molecule has 2 heterocycles. The average Bonchev–Trinajstić information content (AvgIpc) is 2.45. The number of pyridine rings is 1. The van der Waals surface area contributed by atoms with Crippen molar-refractivity contribution in [1.29, 1.82) is 0 Å². The zero-order valence-corrected chi connectivity index (χ0v) is 12.0. The number of hydrogen-bond acceptors (Lipinski definition) is 4. The summed E-state index contributed by atoms with van der Waals surface area (Å²) in [7, 11) is 2.07. The van der Waals surface area contributed by atoms with Gasteiger partial charge in [-0.15, -0.1) is 0 Å². The summed E-state index contributed by atoms with van der Waals surface area (Å²) in [5.41, 5.74) is 6.64. The SMILES string of the molecule is CC1CN(C)CCN1C(=O)c1ccncc1C#CCN. The molecule has 1 atom stereocenters. The molecule has 0 radical (unpaired) electrons. The average molecular weight is 272 g/mol. The molecule has 1 saturated heterocycles. The second-order valence-corrected chi connectivity index (χ2v) is 5.04. The Labute approximate surface area is 119 Å². The molecule has 1 aliphatic heterocycles. The summed E-state index contributed by atoms with van der Waals surface area (Å²) < 4.78 is 0. The van der Waals surface area contributed by atoms with Gasteiger partial charge in [-0.25, -0.2) is 0 Å². The lowest BCUT2D eigenvalue weighted by Crippen LogP contribution is -2.52. The number of carbonyl (C=O) groups excluding carboxylic acids is 1. The van der Waals surface area contributed by atoms with E-state index in [2.05, 4.69) is 35.7 Å². The van der Waals surface area contributed by atoms with Crippen LogP contribution in [0.3, 0.4) is 0 Å². The van der Waals surface area contributed by atoms with E-state index in [1.807, 2.05) is 4.90 Å². The molecule has 0 aliphatic carbocycles. The van der Waals surface area contributed by atoms with E-state index in [-0.39, 0.29) is 18.5 Å². The number of nitrogens with two attached hydrogens (primary N) is 1. The molecular weight excluding hydrogens is 252 g/mol. The maximum atomic E-state index is 12.7. The first kappa shape index (κ1) is 14.5. The summed E-state index contributed by atoms with van der Waals surface area (Å²) in [5, 5.41) is 0. The Morgan fingerprint density at radius 1 is 1.55 bits per heavy atom. The van der Waals surface area contributed by atoms with Crippen LogP contribution in [0.25, 0.3) is 0 Å². The maximum absolute atomic E-state index is 12.7. The lowest BCUT2D eigenvalue weighted by atomic mass is 10.1. The third kappa shape index (κ3) is 3.16. The highest BCUT2D eigenvalue weighted by molar-refractivity contribution is 5.96. The van der Waals surface area contributed by atoms with Gasteiger partial charge >= 0.3 is 0 Å². The van der Waals surface area contributed by atoms with Crippen molar-refractivity contribution in [3.63, 3.8) is 0 Å². The normalized spacial score (nSPS) is 19.4. The van der Waals surface area contributed by atoms with Crippen LogP contribution in [0.5, 0.6) is 0 Å². The van der Waals surface area contributed by atoms with Crippen LogP contribution in [0.1, 0.15) is 22.8 Å². The van der Waals surface area contributed by atoms with Crippen LogP contribution in [0.2, 0.25) is 0 Å². The van der Waals surface area contributed by atoms with Crippen LogP contribution >= 0.6 is 0 Å². The Kier molecular flexibility index (Phi) is 4.72. The first-order chi connectivity index (χ1) is 9.63. The number of amides is 1. The van der Waals surface area contributed by atoms with Crippen molar-refractivity contribution >= 4 is 5.91 Å². The number of aromatic nitrogens is 1. The van der Waals surface area contributed by atoms with Crippen molar-refractivity contribution in [1.82, 2.24) is 14.8 Å². The van der Waals surface area contributed by atoms with Crippen LogP contribution in [0, 0.1) is 11.8 Å².